The Balaban J connectivity index is 1.80. The lowest BCUT2D eigenvalue weighted by Crippen LogP contribution is -2.01. The van der Waals surface area contributed by atoms with Crippen molar-refractivity contribution in [2.24, 2.45) is 0 Å². The minimum absolute atomic E-state index is 0.373. The molecule has 21 heavy (non-hydrogen) atoms. The molecule has 0 bridgehead atoms. The van der Waals surface area contributed by atoms with E-state index >= 15 is 0 Å². The zero-order valence-electron chi connectivity index (χ0n) is 12.5. The van der Waals surface area contributed by atoms with Crippen molar-refractivity contribution in [3.63, 3.8) is 0 Å². The molecule has 0 spiro atoms. The van der Waals surface area contributed by atoms with Gasteiger partial charge in [-0.1, -0.05) is 35.9 Å². The minimum Gasteiger partial charge on any atom is -0.294 e. The molecular weight excluding hydrogens is 256 g/mol. The topological polar surface area (TPSA) is 17.1 Å². The van der Waals surface area contributed by atoms with Crippen LogP contribution in [0.2, 0.25) is 0 Å². The molecule has 0 unspecified atom stereocenters. The minimum atomic E-state index is 0.373. The number of rotatable bonds is 1. The molecule has 0 N–H and O–H groups in total. The summed E-state index contributed by atoms with van der Waals surface area (Å²) in [7, 11) is 0. The first-order chi connectivity index (χ1) is 10.2. The Morgan fingerprint density at radius 3 is 2.81 bits per heavy atom. The van der Waals surface area contributed by atoms with Gasteiger partial charge in [-0.25, -0.2) is 0 Å². The van der Waals surface area contributed by atoms with Crippen molar-refractivity contribution < 1.29 is 4.79 Å². The fourth-order valence-corrected chi connectivity index (χ4v) is 3.99. The number of allylic oxidation sites excluding steroid dienone is 5. The molecule has 0 aliphatic heterocycles. The van der Waals surface area contributed by atoms with E-state index in [0.717, 1.165) is 44.1 Å². The highest BCUT2D eigenvalue weighted by molar-refractivity contribution is 6.05. The summed E-state index contributed by atoms with van der Waals surface area (Å²) >= 11 is 0. The van der Waals surface area contributed by atoms with E-state index in [9.17, 15) is 4.79 Å². The fourth-order valence-electron chi connectivity index (χ4n) is 3.99. The molecule has 3 aliphatic carbocycles. The third kappa shape index (κ3) is 2.03. The molecule has 0 atom stereocenters. The molecule has 1 aromatic carbocycles. The van der Waals surface area contributed by atoms with Gasteiger partial charge in [-0.15, -0.1) is 0 Å². The van der Waals surface area contributed by atoms with Crippen LogP contribution in [0.25, 0.3) is 11.6 Å². The smallest absolute Gasteiger partial charge is 0.163 e. The number of carbonyl (C=O) groups is 1. The molecule has 1 nitrogen and oxygen atoms in total. The van der Waals surface area contributed by atoms with Gasteiger partial charge in [0.15, 0.2) is 5.78 Å². The average Bonchev–Trinajstić information content (AvgIpc) is 3.01. The predicted octanol–water partition coefficient (Wildman–Crippen LogP) is 4.87. The van der Waals surface area contributed by atoms with Crippen LogP contribution < -0.4 is 0 Å². The lowest BCUT2D eigenvalue weighted by atomic mass is 9.94. The lowest BCUT2D eigenvalue weighted by Gasteiger charge is -2.10. The van der Waals surface area contributed by atoms with E-state index in [4.69, 9.17) is 0 Å². The summed E-state index contributed by atoms with van der Waals surface area (Å²) in [4.78, 5) is 12.4. The molecule has 1 saturated carbocycles. The highest BCUT2D eigenvalue weighted by atomic mass is 16.1. The summed E-state index contributed by atoms with van der Waals surface area (Å²) in [6.45, 7) is 2.14. The third-order valence-corrected chi connectivity index (χ3v) is 5.02. The summed E-state index contributed by atoms with van der Waals surface area (Å²) in [6, 6.07) is 6.80. The zero-order valence-corrected chi connectivity index (χ0v) is 12.5. The average molecular weight is 276 g/mol. The Hall–Kier alpha value is -1.89. The molecule has 1 aromatic rings. The maximum Gasteiger partial charge on any atom is 0.163 e. The molecule has 0 saturated heterocycles. The summed E-state index contributed by atoms with van der Waals surface area (Å²) in [6.07, 6.45) is 10.4. The van der Waals surface area contributed by atoms with Crippen LogP contribution in [0.5, 0.6) is 0 Å². The van der Waals surface area contributed by atoms with E-state index in [1.165, 1.54) is 33.4 Å². The monoisotopic (exact) mass is 276 g/mol. The Morgan fingerprint density at radius 2 is 1.90 bits per heavy atom. The molecule has 4 rings (SSSR count). The van der Waals surface area contributed by atoms with E-state index in [2.05, 4.69) is 37.3 Å². The first-order valence-corrected chi connectivity index (χ1v) is 7.99. The number of benzene rings is 1. The summed E-state index contributed by atoms with van der Waals surface area (Å²) < 4.78 is 0. The number of fused-ring (bicyclic) bond motifs is 2. The van der Waals surface area contributed by atoms with Gasteiger partial charge in [0, 0.05) is 12.0 Å². The fraction of sp³-hybridized carbons (Fsp3) is 0.350. The van der Waals surface area contributed by atoms with Crippen molar-refractivity contribution in [2.45, 2.75) is 45.4 Å². The van der Waals surface area contributed by atoms with Crippen LogP contribution >= 0.6 is 0 Å². The Kier molecular flexibility index (Phi) is 2.95. The van der Waals surface area contributed by atoms with Gasteiger partial charge in [-0.3, -0.25) is 4.79 Å². The van der Waals surface area contributed by atoms with Crippen molar-refractivity contribution in [2.75, 3.05) is 0 Å². The quantitative estimate of drug-likeness (QED) is 0.715. The second-order valence-electron chi connectivity index (χ2n) is 6.44. The van der Waals surface area contributed by atoms with Crippen molar-refractivity contribution in [3.8, 4) is 0 Å². The molecule has 0 radical (unpaired) electrons. The summed E-state index contributed by atoms with van der Waals surface area (Å²) in [5, 5.41) is 0. The van der Waals surface area contributed by atoms with Crippen molar-refractivity contribution in [3.05, 3.63) is 57.7 Å². The van der Waals surface area contributed by atoms with Crippen LogP contribution in [-0.4, -0.2) is 5.78 Å². The molecule has 3 aliphatic rings. The molecule has 1 heteroatoms. The standard InChI is InChI=1S/C20H20O/c1-13-11-18(17-7-2-3-8-19(21)20(13)17)16-10-9-14-5-4-6-15(14)12-16/h4-5,9-10,12H,2-3,6-8,11H2,1H3. The SMILES string of the molecule is CC1=C2C(=O)CCCCC2=C(c2ccc3c(c2)CC=C3)C1. The highest BCUT2D eigenvalue weighted by Crippen LogP contribution is 2.43. The van der Waals surface area contributed by atoms with Crippen LogP contribution in [0.4, 0.5) is 0 Å². The molecule has 106 valence electrons. The van der Waals surface area contributed by atoms with Gasteiger partial charge in [-0.2, -0.15) is 0 Å². The second-order valence-corrected chi connectivity index (χ2v) is 6.44. The van der Waals surface area contributed by atoms with E-state index < -0.39 is 0 Å². The number of ketones is 1. The number of Topliss-reactive ketones (excluding diaryl/α,β-unsaturated/α-hetero) is 1. The Bertz CT molecular complexity index is 728. The van der Waals surface area contributed by atoms with Gasteiger partial charge >= 0.3 is 0 Å². The summed E-state index contributed by atoms with van der Waals surface area (Å²) in [5.74, 6) is 0.373. The molecular formula is C20H20O. The van der Waals surface area contributed by atoms with Gasteiger partial charge < -0.3 is 0 Å². The van der Waals surface area contributed by atoms with Crippen molar-refractivity contribution in [1.29, 1.82) is 0 Å². The van der Waals surface area contributed by atoms with E-state index in [0.29, 0.717) is 5.78 Å². The zero-order chi connectivity index (χ0) is 14.4. The number of hydrogen-bond acceptors (Lipinski definition) is 1. The maximum absolute atomic E-state index is 12.4. The van der Waals surface area contributed by atoms with Crippen LogP contribution in [0.1, 0.15) is 55.7 Å². The maximum atomic E-state index is 12.4. The van der Waals surface area contributed by atoms with Gasteiger partial charge in [0.2, 0.25) is 0 Å². The predicted molar refractivity (Wildman–Crippen MR) is 86.9 cm³/mol. The van der Waals surface area contributed by atoms with Crippen LogP contribution in [0, 0.1) is 0 Å². The van der Waals surface area contributed by atoms with Gasteiger partial charge in [0.05, 0.1) is 0 Å². The van der Waals surface area contributed by atoms with Crippen LogP contribution in [0.3, 0.4) is 0 Å². The largest absolute Gasteiger partial charge is 0.294 e. The van der Waals surface area contributed by atoms with Gasteiger partial charge in [-0.05, 0) is 66.9 Å². The van der Waals surface area contributed by atoms with Crippen molar-refractivity contribution >= 4 is 17.4 Å². The van der Waals surface area contributed by atoms with Crippen LogP contribution in [-0.2, 0) is 11.2 Å². The molecule has 0 heterocycles. The first-order valence-electron chi connectivity index (χ1n) is 7.99. The van der Waals surface area contributed by atoms with E-state index in [1.54, 1.807) is 0 Å². The molecule has 0 amide bonds. The Labute approximate surface area is 126 Å². The number of hydrogen-bond donors (Lipinski definition) is 0. The van der Waals surface area contributed by atoms with Crippen LogP contribution in [0.15, 0.2) is 41.0 Å². The van der Waals surface area contributed by atoms with Gasteiger partial charge in [0.1, 0.15) is 0 Å². The summed E-state index contributed by atoms with van der Waals surface area (Å²) in [5.41, 5.74) is 9.22. The van der Waals surface area contributed by atoms with E-state index in [1.807, 2.05) is 0 Å². The highest BCUT2D eigenvalue weighted by Gasteiger charge is 2.29. The van der Waals surface area contributed by atoms with E-state index in [-0.39, 0.29) is 0 Å². The van der Waals surface area contributed by atoms with Crippen molar-refractivity contribution in [1.82, 2.24) is 0 Å². The number of carbonyl (C=O) groups excluding carboxylic acids is 1. The normalized spacial score (nSPS) is 20.9. The second kappa shape index (κ2) is 4.84. The van der Waals surface area contributed by atoms with Gasteiger partial charge in [0.25, 0.3) is 0 Å². The molecule has 0 aromatic heterocycles. The Morgan fingerprint density at radius 1 is 1.05 bits per heavy atom. The third-order valence-electron chi connectivity index (χ3n) is 5.02. The first kappa shape index (κ1) is 12.8. The molecule has 1 fully saturated rings. The lowest BCUT2D eigenvalue weighted by molar-refractivity contribution is -0.115.